The normalized spacial score (nSPS) is 12.5. The Morgan fingerprint density at radius 3 is 2.59 bits per heavy atom. The molecule has 34 heavy (non-hydrogen) atoms. The van der Waals surface area contributed by atoms with Crippen molar-refractivity contribution in [3.8, 4) is 28.4 Å². The average Bonchev–Trinajstić information content (AvgIpc) is 3.46. The monoisotopic (exact) mass is 479 g/mol. The third-order valence-corrected chi connectivity index (χ3v) is 6.57. The number of fused-ring (bicyclic) bond motifs is 1. The maximum absolute atomic E-state index is 13.4. The van der Waals surface area contributed by atoms with Gasteiger partial charge in [0.25, 0.3) is 0 Å². The maximum atomic E-state index is 13.4. The first-order valence-corrected chi connectivity index (χ1v) is 11.9. The van der Waals surface area contributed by atoms with E-state index in [1.54, 1.807) is 54.7 Å². The molecule has 1 aliphatic heterocycles. The number of carbonyl (C=O) groups is 1. The van der Waals surface area contributed by atoms with Crippen molar-refractivity contribution >= 4 is 21.4 Å². The van der Waals surface area contributed by atoms with E-state index in [0.29, 0.717) is 28.4 Å². The van der Waals surface area contributed by atoms with Gasteiger partial charge in [-0.25, -0.2) is 17.8 Å². The Morgan fingerprint density at radius 1 is 1.00 bits per heavy atom. The van der Waals surface area contributed by atoms with Crippen LogP contribution in [-0.4, -0.2) is 36.4 Å². The maximum Gasteiger partial charge on any atom is 0.240 e. The molecular formula is C24H18FN3O5S. The Hall–Kier alpha value is -4.18. The van der Waals surface area contributed by atoms with E-state index in [1.807, 2.05) is 0 Å². The number of rotatable bonds is 6. The number of halogens is 1. The summed E-state index contributed by atoms with van der Waals surface area (Å²) < 4.78 is 52.1. The first kappa shape index (κ1) is 21.7. The Balaban J connectivity index is 1.50. The quantitative estimate of drug-likeness (QED) is 0.451. The molecule has 0 saturated heterocycles. The fourth-order valence-corrected chi connectivity index (χ4v) is 4.79. The van der Waals surface area contributed by atoms with Crippen molar-refractivity contribution in [3.05, 3.63) is 84.8 Å². The molecule has 1 aliphatic rings. The molecule has 5 rings (SSSR count). The van der Waals surface area contributed by atoms with Gasteiger partial charge in [-0.1, -0.05) is 24.3 Å². The van der Waals surface area contributed by atoms with Crippen LogP contribution in [0.3, 0.4) is 0 Å². The zero-order chi connectivity index (χ0) is 23.7. The van der Waals surface area contributed by atoms with Crippen molar-refractivity contribution in [3.63, 3.8) is 0 Å². The van der Waals surface area contributed by atoms with Gasteiger partial charge in [0, 0.05) is 23.1 Å². The van der Waals surface area contributed by atoms with Crippen molar-refractivity contribution in [1.29, 1.82) is 0 Å². The zero-order valence-electron chi connectivity index (χ0n) is 17.6. The van der Waals surface area contributed by atoms with Gasteiger partial charge < -0.3 is 14.8 Å². The molecule has 1 N–H and O–H groups in total. The van der Waals surface area contributed by atoms with Crippen LogP contribution >= 0.6 is 0 Å². The highest BCUT2D eigenvalue weighted by Crippen LogP contribution is 2.36. The lowest BCUT2D eigenvalue weighted by Crippen LogP contribution is -2.25. The number of nitrogens with one attached hydrogen (secondary N) is 1. The number of ether oxygens (including phenoxy) is 2. The lowest BCUT2D eigenvalue weighted by Gasteiger charge is -2.09. The Bertz CT molecular complexity index is 1490. The van der Waals surface area contributed by atoms with Crippen LogP contribution in [0.5, 0.6) is 11.5 Å². The Kier molecular flexibility index (Phi) is 5.50. The third-order valence-electron chi connectivity index (χ3n) is 5.08. The molecular weight excluding hydrogens is 461 g/mol. The van der Waals surface area contributed by atoms with E-state index in [1.165, 1.54) is 22.8 Å². The summed E-state index contributed by atoms with van der Waals surface area (Å²) in [6, 6.07) is 19.2. The summed E-state index contributed by atoms with van der Waals surface area (Å²) in [6.07, 6.45) is 1.59. The second-order valence-electron chi connectivity index (χ2n) is 7.50. The molecule has 172 valence electrons. The standard InChI is InChI=1S/C24H18FN3O5S/c25-17-5-4-6-18(12-17)26-23(29)14-34(30,31)24-27-20(13-28(24)19-7-2-1-3-8-19)16-9-10-21-22(11-16)33-15-32-21/h1-13H,14-15H2,(H,26,29). The van der Waals surface area contributed by atoms with Gasteiger partial charge in [-0.2, -0.15) is 0 Å². The van der Waals surface area contributed by atoms with Crippen LogP contribution in [0.1, 0.15) is 0 Å². The number of para-hydroxylation sites is 1. The van der Waals surface area contributed by atoms with Crippen molar-refractivity contribution in [2.45, 2.75) is 5.16 Å². The van der Waals surface area contributed by atoms with Crippen molar-refractivity contribution in [2.24, 2.45) is 0 Å². The number of imidazole rings is 1. The van der Waals surface area contributed by atoms with Gasteiger partial charge in [0.1, 0.15) is 11.6 Å². The Labute approximate surface area is 194 Å². The summed E-state index contributed by atoms with van der Waals surface area (Å²) in [4.78, 5) is 16.9. The van der Waals surface area contributed by atoms with Gasteiger partial charge in [-0.05, 0) is 48.5 Å². The lowest BCUT2D eigenvalue weighted by atomic mass is 10.1. The highest BCUT2D eigenvalue weighted by Gasteiger charge is 2.27. The van der Waals surface area contributed by atoms with Crippen LogP contribution in [0.15, 0.2) is 84.1 Å². The van der Waals surface area contributed by atoms with E-state index < -0.39 is 27.3 Å². The highest BCUT2D eigenvalue weighted by molar-refractivity contribution is 7.92. The number of sulfone groups is 1. The fraction of sp³-hybridized carbons (Fsp3) is 0.0833. The summed E-state index contributed by atoms with van der Waals surface area (Å²) in [5, 5.41) is 2.12. The van der Waals surface area contributed by atoms with Gasteiger partial charge in [0.2, 0.25) is 27.7 Å². The number of nitrogens with zero attached hydrogens (tertiary/aromatic N) is 2. The molecule has 4 aromatic rings. The van der Waals surface area contributed by atoms with Crippen molar-refractivity contribution in [2.75, 3.05) is 17.9 Å². The van der Waals surface area contributed by atoms with E-state index >= 15 is 0 Å². The summed E-state index contributed by atoms with van der Waals surface area (Å²) in [5.41, 5.74) is 1.73. The first-order chi connectivity index (χ1) is 16.4. The van der Waals surface area contributed by atoms with E-state index in [4.69, 9.17) is 9.47 Å². The minimum absolute atomic E-state index is 0.108. The van der Waals surface area contributed by atoms with E-state index in [-0.39, 0.29) is 17.6 Å². The molecule has 8 nitrogen and oxygen atoms in total. The fourth-order valence-electron chi connectivity index (χ4n) is 3.55. The topological polar surface area (TPSA) is 99.5 Å². The summed E-state index contributed by atoms with van der Waals surface area (Å²) in [6.45, 7) is 0.108. The SMILES string of the molecule is O=C(CS(=O)(=O)c1nc(-c2ccc3c(c2)OCO3)cn1-c1ccccc1)Nc1cccc(F)c1. The average molecular weight is 479 g/mol. The molecule has 0 spiro atoms. The first-order valence-electron chi connectivity index (χ1n) is 10.2. The summed E-state index contributed by atoms with van der Waals surface area (Å²) in [7, 11) is -4.18. The molecule has 0 radical (unpaired) electrons. The van der Waals surface area contributed by atoms with Crippen LogP contribution < -0.4 is 14.8 Å². The number of carbonyl (C=O) groups excluding carboxylic acids is 1. The molecule has 0 unspecified atom stereocenters. The molecule has 0 bridgehead atoms. The van der Waals surface area contributed by atoms with Crippen LogP contribution in [0, 0.1) is 5.82 Å². The molecule has 2 heterocycles. The number of anilines is 1. The minimum Gasteiger partial charge on any atom is -0.454 e. The van der Waals surface area contributed by atoms with Gasteiger partial charge in [0.15, 0.2) is 11.5 Å². The molecule has 1 aromatic heterocycles. The van der Waals surface area contributed by atoms with E-state index in [2.05, 4.69) is 10.3 Å². The van der Waals surface area contributed by atoms with Crippen molar-refractivity contribution < 1.29 is 27.1 Å². The zero-order valence-corrected chi connectivity index (χ0v) is 18.5. The van der Waals surface area contributed by atoms with Gasteiger partial charge in [0.05, 0.1) is 5.69 Å². The van der Waals surface area contributed by atoms with Crippen LogP contribution in [0.2, 0.25) is 0 Å². The van der Waals surface area contributed by atoms with Crippen LogP contribution in [0.25, 0.3) is 16.9 Å². The largest absolute Gasteiger partial charge is 0.454 e. The van der Waals surface area contributed by atoms with Crippen LogP contribution in [0.4, 0.5) is 10.1 Å². The molecule has 10 heteroatoms. The van der Waals surface area contributed by atoms with E-state index in [9.17, 15) is 17.6 Å². The lowest BCUT2D eigenvalue weighted by molar-refractivity contribution is -0.113. The second-order valence-corrected chi connectivity index (χ2v) is 9.38. The van der Waals surface area contributed by atoms with Crippen molar-refractivity contribution in [1.82, 2.24) is 9.55 Å². The van der Waals surface area contributed by atoms with Gasteiger partial charge in [-0.3, -0.25) is 9.36 Å². The predicted molar refractivity (Wildman–Crippen MR) is 122 cm³/mol. The number of amides is 1. The Morgan fingerprint density at radius 2 is 1.79 bits per heavy atom. The summed E-state index contributed by atoms with van der Waals surface area (Å²) in [5.74, 6) is -1.10. The molecule has 0 aliphatic carbocycles. The molecule has 0 saturated carbocycles. The molecule has 0 atom stereocenters. The number of hydrogen-bond acceptors (Lipinski definition) is 6. The molecule has 1 amide bonds. The minimum atomic E-state index is -4.18. The second kappa shape index (κ2) is 8.64. The summed E-state index contributed by atoms with van der Waals surface area (Å²) >= 11 is 0. The number of benzene rings is 3. The number of hydrogen-bond donors (Lipinski definition) is 1. The van der Waals surface area contributed by atoms with E-state index in [0.717, 1.165) is 6.07 Å². The smallest absolute Gasteiger partial charge is 0.240 e. The van der Waals surface area contributed by atoms with Crippen LogP contribution in [-0.2, 0) is 14.6 Å². The predicted octanol–water partition coefficient (Wildman–Crippen LogP) is 3.82. The molecule has 3 aromatic carbocycles. The highest BCUT2D eigenvalue weighted by atomic mass is 32.2. The number of aromatic nitrogens is 2. The molecule has 0 fully saturated rings. The third kappa shape index (κ3) is 4.35. The van der Waals surface area contributed by atoms with Gasteiger partial charge >= 0.3 is 0 Å². The van der Waals surface area contributed by atoms with Gasteiger partial charge in [-0.15, -0.1) is 0 Å².